The quantitative estimate of drug-likeness (QED) is 0.754. The van der Waals surface area contributed by atoms with Crippen LogP contribution >= 0.6 is 23.1 Å². The molecule has 1 fully saturated rings. The highest BCUT2D eigenvalue weighted by Gasteiger charge is 2.33. The summed E-state index contributed by atoms with van der Waals surface area (Å²) in [6, 6.07) is 4.28. The Morgan fingerprint density at radius 3 is 2.89 bits per heavy atom. The zero-order chi connectivity index (χ0) is 13.8. The third-order valence-corrected chi connectivity index (χ3v) is 5.41. The molecule has 1 saturated heterocycles. The van der Waals surface area contributed by atoms with Crippen molar-refractivity contribution >= 4 is 29.0 Å². The first kappa shape index (κ1) is 14.9. The Labute approximate surface area is 123 Å². The molecule has 5 heteroatoms. The Bertz CT molecular complexity index is 431. The van der Waals surface area contributed by atoms with Gasteiger partial charge in [0.15, 0.2) is 0 Å². The predicted octanol–water partition coefficient (Wildman–Crippen LogP) is 3.45. The Hall–Kier alpha value is -0.520. The van der Waals surface area contributed by atoms with Crippen molar-refractivity contribution in [3.8, 4) is 0 Å². The maximum Gasteiger partial charge on any atom is 0.233 e. The van der Waals surface area contributed by atoms with Crippen molar-refractivity contribution in [3.63, 3.8) is 0 Å². The van der Waals surface area contributed by atoms with Crippen LogP contribution in [0.3, 0.4) is 0 Å². The van der Waals surface area contributed by atoms with Gasteiger partial charge in [0, 0.05) is 22.9 Å². The van der Waals surface area contributed by atoms with Crippen molar-refractivity contribution in [1.82, 2.24) is 4.90 Å². The van der Waals surface area contributed by atoms with Crippen molar-refractivity contribution in [2.45, 2.75) is 38.7 Å². The van der Waals surface area contributed by atoms with Gasteiger partial charge in [-0.15, -0.1) is 23.1 Å². The number of amides is 1. The SMILES string of the molecule is Cc1ccc(C2SCC(=O)N2CCCOC(C)C)s1. The van der Waals surface area contributed by atoms with Crippen LogP contribution in [0.25, 0.3) is 0 Å². The van der Waals surface area contributed by atoms with Crippen LogP contribution in [0, 0.1) is 6.92 Å². The lowest BCUT2D eigenvalue weighted by Crippen LogP contribution is -2.29. The number of ether oxygens (including phenoxy) is 1. The Balaban J connectivity index is 1.90. The van der Waals surface area contributed by atoms with Gasteiger partial charge in [-0.3, -0.25) is 4.79 Å². The molecule has 106 valence electrons. The Morgan fingerprint density at radius 1 is 1.47 bits per heavy atom. The van der Waals surface area contributed by atoms with Gasteiger partial charge < -0.3 is 9.64 Å². The topological polar surface area (TPSA) is 29.5 Å². The van der Waals surface area contributed by atoms with E-state index >= 15 is 0 Å². The molecule has 1 aromatic heterocycles. The number of hydrogen-bond donors (Lipinski definition) is 0. The average molecular weight is 299 g/mol. The maximum absolute atomic E-state index is 12.0. The fourth-order valence-electron chi connectivity index (χ4n) is 2.07. The van der Waals surface area contributed by atoms with Crippen LogP contribution in [-0.4, -0.2) is 35.8 Å². The van der Waals surface area contributed by atoms with Gasteiger partial charge in [-0.25, -0.2) is 0 Å². The summed E-state index contributed by atoms with van der Waals surface area (Å²) >= 11 is 3.52. The van der Waals surface area contributed by atoms with E-state index in [4.69, 9.17) is 4.74 Å². The van der Waals surface area contributed by atoms with Crippen LogP contribution in [0.4, 0.5) is 0 Å². The van der Waals surface area contributed by atoms with E-state index in [0.717, 1.165) is 19.6 Å². The minimum atomic E-state index is 0.213. The highest BCUT2D eigenvalue weighted by Crippen LogP contribution is 2.41. The van der Waals surface area contributed by atoms with E-state index in [9.17, 15) is 4.79 Å². The zero-order valence-corrected chi connectivity index (χ0v) is 13.4. The Morgan fingerprint density at radius 2 is 2.26 bits per heavy atom. The molecule has 1 aliphatic rings. The summed E-state index contributed by atoms with van der Waals surface area (Å²) in [5.41, 5.74) is 0. The molecular formula is C14H21NO2S2. The summed E-state index contributed by atoms with van der Waals surface area (Å²) < 4.78 is 5.54. The molecule has 1 aliphatic heterocycles. The van der Waals surface area contributed by atoms with Crippen LogP contribution in [0.1, 0.15) is 35.4 Å². The van der Waals surface area contributed by atoms with Crippen molar-refractivity contribution in [3.05, 3.63) is 21.9 Å². The second-order valence-corrected chi connectivity index (χ2v) is 7.36. The molecule has 0 aliphatic carbocycles. The minimum absolute atomic E-state index is 0.213. The predicted molar refractivity (Wildman–Crippen MR) is 81.7 cm³/mol. The molecule has 0 N–H and O–H groups in total. The summed E-state index contributed by atoms with van der Waals surface area (Å²) in [5, 5.41) is 0.213. The normalized spacial score (nSPS) is 19.7. The molecule has 1 amide bonds. The van der Waals surface area contributed by atoms with Crippen molar-refractivity contribution in [1.29, 1.82) is 0 Å². The lowest BCUT2D eigenvalue weighted by Gasteiger charge is -2.23. The standard InChI is InChI=1S/C14H21NO2S2/c1-10(2)17-8-4-7-15-13(16)9-18-14(15)12-6-5-11(3)19-12/h5-6,10,14H,4,7-9H2,1-3H3. The fraction of sp³-hybridized carbons (Fsp3) is 0.643. The first-order chi connectivity index (χ1) is 9.08. The van der Waals surface area contributed by atoms with Crippen molar-refractivity contribution < 1.29 is 9.53 Å². The largest absolute Gasteiger partial charge is 0.379 e. The molecule has 0 aromatic carbocycles. The Kier molecular flexibility index (Phi) is 5.30. The van der Waals surface area contributed by atoms with E-state index < -0.39 is 0 Å². The summed E-state index contributed by atoms with van der Waals surface area (Å²) in [6.45, 7) is 7.70. The zero-order valence-electron chi connectivity index (χ0n) is 11.7. The summed E-state index contributed by atoms with van der Waals surface area (Å²) in [4.78, 5) is 16.6. The maximum atomic E-state index is 12.0. The van der Waals surface area contributed by atoms with E-state index in [2.05, 4.69) is 19.1 Å². The van der Waals surface area contributed by atoms with E-state index in [-0.39, 0.29) is 17.4 Å². The van der Waals surface area contributed by atoms with Gasteiger partial charge in [0.25, 0.3) is 0 Å². The van der Waals surface area contributed by atoms with Crippen molar-refractivity contribution in [2.24, 2.45) is 0 Å². The molecule has 3 nitrogen and oxygen atoms in total. The number of thioether (sulfide) groups is 1. The van der Waals surface area contributed by atoms with Gasteiger partial charge in [0.2, 0.25) is 5.91 Å². The van der Waals surface area contributed by atoms with Crippen molar-refractivity contribution in [2.75, 3.05) is 18.9 Å². The molecular weight excluding hydrogens is 278 g/mol. The van der Waals surface area contributed by atoms with E-state index in [1.54, 1.807) is 23.1 Å². The third kappa shape index (κ3) is 3.97. The summed E-state index contributed by atoms with van der Waals surface area (Å²) in [6.07, 6.45) is 1.17. The first-order valence-corrected chi connectivity index (χ1v) is 8.53. The van der Waals surface area contributed by atoms with Crippen LogP contribution in [-0.2, 0) is 9.53 Å². The fourth-order valence-corrected chi connectivity index (χ4v) is 4.40. The summed E-state index contributed by atoms with van der Waals surface area (Å²) in [7, 11) is 0. The second kappa shape index (κ2) is 6.77. The van der Waals surface area contributed by atoms with Gasteiger partial charge in [0.05, 0.1) is 11.9 Å². The van der Waals surface area contributed by atoms with E-state index in [1.165, 1.54) is 9.75 Å². The lowest BCUT2D eigenvalue weighted by molar-refractivity contribution is -0.128. The molecule has 0 saturated carbocycles. The lowest BCUT2D eigenvalue weighted by atomic mass is 10.3. The number of hydrogen-bond acceptors (Lipinski definition) is 4. The molecule has 0 radical (unpaired) electrons. The monoisotopic (exact) mass is 299 g/mol. The van der Waals surface area contributed by atoms with Gasteiger partial charge >= 0.3 is 0 Å². The second-order valence-electron chi connectivity index (χ2n) is 4.97. The van der Waals surface area contributed by atoms with Crippen LogP contribution < -0.4 is 0 Å². The van der Waals surface area contributed by atoms with Gasteiger partial charge in [-0.05, 0) is 39.3 Å². The molecule has 2 rings (SSSR count). The van der Waals surface area contributed by atoms with Gasteiger partial charge in [-0.1, -0.05) is 0 Å². The summed E-state index contributed by atoms with van der Waals surface area (Å²) in [5.74, 6) is 0.859. The molecule has 1 atom stereocenters. The number of carbonyl (C=O) groups is 1. The van der Waals surface area contributed by atoms with E-state index in [0.29, 0.717) is 5.75 Å². The minimum Gasteiger partial charge on any atom is -0.379 e. The number of thiophene rings is 1. The highest BCUT2D eigenvalue weighted by atomic mass is 32.2. The highest BCUT2D eigenvalue weighted by molar-refractivity contribution is 8.00. The van der Waals surface area contributed by atoms with Crippen LogP contribution in [0.2, 0.25) is 0 Å². The van der Waals surface area contributed by atoms with Gasteiger partial charge in [0.1, 0.15) is 5.37 Å². The average Bonchev–Trinajstić information content (AvgIpc) is 2.91. The number of rotatable bonds is 6. The number of nitrogens with zero attached hydrogens (tertiary/aromatic N) is 1. The first-order valence-electron chi connectivity index (χ1n) is 6.67. The smallest absolute Gasteiger partial charge is 0.233 e. The van der Waals surface area contributed by atoms with Crippen LogP contribution in [0.5, 0.6) is 0 Å². The molecule has 19 heavy (non-hydrogen) atoms. The number of carbonyl (C=O) groups excluding carboxylic acids is 1. The molecule has 0 bridgehead atoms. The number of aryl methyl sites for hydroxylation is 1. The molecule has 1 aromatic rings. The molecule has 2 heterocycles. The van der Waals surface area contributed by atoms with Gasteiger partial charge in [-0.2, -0.15) is 0 Å². The molecule has 1 unspecified atom stereocenters. The van der Waals surface area contributed by atoms with Crippen LogP contribution in [0.15, 0.2) is 12.1 Å². The molecule has 0 spiro atoms. The third-order valence-electron chi connectivity index (χ3n) is 2.97. The van der Waals surface area contributed by atoms with E-state index in [1.807, 2.05) is 18.7 Å².